The van der Waals surface area contributed by atoms with Gasteiger partial charge in [0.1, 0.15) is 6.10 Å². The predicted molar refractivity (Wildman–Crippen MR) is 49.2 cm³/mol. The average molecular weight is 186 g/mol. The first-order valence-electron chi connectivity index (χ1n) is 5.01. The van der Waals surface area contributed by atoms with E-state index in [1.54, 1.807) is 0 Å². The maximum atomic E-state index is 10.9. The zero-order valence-electron chi connectivity index (χ0n) is 8.32. The van der Waals surface area contributed by atoms with E-state index in [-0.39, 0.29) is 24.1 Å². The van der Waals surface area contributed by atoms with Gasteiger partial charge in [0, 0.05) is 5.92 Å². The molecule has 0 saturated carbocycles. The quantitative estimate of drug-likeness (QED) is 0.676. The molecule has 0 bridgehead atoms. The van der Waals surface area contributed by atoms with Crippen LogP contribution in [0.15, 0.2) is 0 Å². The molecule has 1 aliphatic heterocycles. The molecule has 1 aliphatic rings. The number of carbonyl (C=O) groups excluding carboxylic acids is 1. The number of carbonyl (C=O) groups is 1. The fourth-order valence-corrected chi connectivity index (χ4v) is 1.81. The molecule has 13 heavy (non-hydrogen) atoms. The van der Waals surface area contributed by atoms with Gasteiger partial charge in [-0.05, 0) is 19.8 Å². The van der Waals surface area contributed by atoms with Crippen molar-refractivity contribution in [2.24, 2.45) is 5.92 Å². The SMILES string of the molecule is CCCC(O)CC1CC(=O)OC1C. The van der Waals surface area contributed by atoms with Crippen molar-refractivity contribution in [3.63, 3.8) is 0 Å². The van der Waals surface area contributed by atoms with E-state index in [0.717, 1.165) is 12.8 Å². The molecule has 1 N–H and O–H groups in total. The molecule has 0 amide bonds. The zero-order chi connectivity index (χ0) is 9.84. The molecule has 0 spiro atoms. The Morgan fingerprint density at radius 1 is 1.69 bits per heavy atom. The second kappa shape index (κ2) is 4.61. The molecule has 0 aromatic carbocycles. The van der Waals surface area contributed by atoms with Crippen molar-refractivity contribution in [3.05, 3.63) is 0 Å². The molecule has 3 atom stereocenters. The standard InChI is InChI=1S/C10H18O3/c1-3-4-9(11)5-8-6-10(12)13-7(8)2/h7-9,11H,3-6H2,1-2H3. The average Bonchev–Trinajstić information content (AvgIpc) is 2.30. The molecule has 3 unspecified atom stereocenters. The van der Waals surface area contributed by atoms with Crippen molar-refractivity contribution in [1.29, 1.82) is 0 Å². The third-order valence-corrected chi connectivity index (χ3v) is 2.61. The van der Waals surface area contributed by atoms with E-state index in [9.17, 15) is 9.90 Å². The maximum absolute atomic E-state index is 10.9. The smallest absolute Gasteiger partial charge is 0.306 e. The third kappa shape index (κ3) is 2.99. The molecular formula is C10H18O3. The second-order valence-electron chi connectivity index (χ2n) is 3.84. The summed E-state index contributed by atoms with van der Waals surface area (Å²) in [6.07, 6.45) is 2.68. The van der Waals surface area contributed by atoms with Crippen LogP contribution in [0, 0.1) is 5.92 Å². The Morgan fingerprint density at radius 2 is 2.38 bits per heavy atom. The van der Waals surface area contributed by atoms with E-state index in [0.29, 0.717) is 12.8 Å². The van der Waals surface area contributed by atoms with E-state index in [1.807, 2.05) is 13.8 Å². The van der Waals surface area contributed by atoms with Gasteiger partial charge < -0.3 is 9.84 Å². The Bertz CT molecular complexity index is 179. The largest absolute Gasteiger partial charge is 0.462 e. The highest BCUT2D eigenvalue weighted by Crippen LogP contribution is 2.26. The monoisotopic (exact) mass is 186 g/mol. The minimum atomic E-state index is -0.271. The van der Waals surface area contributed by atoms with Crippen LogP contribution in [0.1, 0.15) is 39.5 Å². The normalized spacial score (nSPS) is 30.2. The van der Waals surface area contributed by atoms with Crippen LogP contribution in [0.3, 0.4) is 0 Å². The summed E-state index contributed by atoms with van der Waals surface area (Å²) >= 11 is 0. The van der Waals surface area contributed by atoms with Crippen molar-refractivity contribution >= 4 is 5.97 Å². The number of hydrogen-bond acceptors (Lipinski definition) is 3. The van der Waals surface area contributed by atoms with Crippen molar-refractivity contribution in [2.45, 2.75) is 51.7 Å². The first-order valence-corrected chi connectivity index (χ1v) is 5.01. The van der Waals surface area contributed by atoms with Crippen LogP contribution < -0.4 is 0 Å². The molecular weight excluding hydrogens is 168 g/mol. The lowest BCUT2D eigenvalue weighted by molar-refractivity contribution is -0.140. The van der Waals surface area contributed by atoms with E-state index in [4.69, 9.17) is 4.74 Å². The van der Waals surface area contributed by atoms with Crippen LogP contribution in [0.4, 0.5) is 0 Å². The summed E-state index contributed by atoms with van der Waals surface area (Å²) in [6.45, 7) is 3.94. The minimum absolute atomic E-state index is 0.0148. The maximum Gasteiger partial charge on any atom is 0.306 e. The first-order chi connectivity index (χ1) is 6.13. The summed E-state index contributed by atoms with van der Waals surface area (Å²) in [4.78, 5) is 10.9. The number of esters is 1. The summed E-state index contributed by atoms with van der Waals surface area (Å²) in [5.41, 5.74) is 0. The number of aliphatic hydroxyl groups excluding tert-OH is 1. The Balaban J connectivity index is 2.32. The number of rotatable bonds is 4. The fraction of sp³-hybridized carbons (Fsp3) is 0.900. The lowest BCUT2D eigenvalue weighted by Crippen LogP contribution is -2.18. The van der Waals surface area contributed by atoms with Gasteiger partial charge in [0.25, 0.3) is 0 Å². The Labute approximate surface area is 79.1 Å². The zero-order valence-corrected chi connectivity index (χ0v) is 8.32. The highest BCUT2D eigenvalue weighted by molar-refractivity contribution is 5.72. The minimum Gasteiger partial charge on any atom is -0.462 e. The van der Waals surface area contributed by atoms with Crippen LogP contribution >= 0.6 is 0 Å². The Kier molecular flexibility index (Phi) is 3.72. The van der Waals surface area contributed by atoms with E-state index >= 15 is 0 Å². The third-order valence-electron chi connectivity index (χ3n) is 2.61. The highest BCUT2D eigenvalue weighted by Gasteiger charge is 2.32. The summed E-state index contributed by atoms with van der Waals surface area (Å²) in [5, 5.41) is 9.55. The van der Waals surface area contributed by atoms with Gasteiger partial charge in [-0.1, -0.05) is 13.3 Å². The molecule has 0 aromatic heterocycles. The summed E-state index contributed by atoms with van der Waals surface area (Å²) in [7, 11) is 0. The molecule has 1 fully saturated rings. The summed E-state index contributed by atoms with van der Waals surface area (Å²) < 4.78 is 5.00. The topological polar surface area (TPSA) is 46.5 Å². The van der Waals surface area contributed by atoms with E-state index in [2.05, 4.69) is 0 Å². The lowest BCUT2D eigenvalue weighted by atomic mass is 9.94. The van der Waals surface area contributed by atoms with Crippen molar-refractivity contribution in [1.82, 2.24) is 0 Å². The van der Waals surface area contributed by atoms with Gasteiger partial charge >= 0.3 is 5.97 Å². The molecule has 76 valence electrons. The molecule has 3 nitrogen and oxygen atoms in total. The molecule has 1 rings (SSSR count). The van der Waals surface area contributed by atoms with Crippen molar-refractivity contribution in [3.8, 4) is 0 Å². The number of cyclic esters (lactones) is 1. The molecule has 1 heterocycles. The van der Waals surface area contributed by atoms with Crippen LogP contribution in [-0.2, 0) is 9.53 Å². The van der Waals surface area contributed by atoms with Gasteiger partial charge in [-0.3, -0.25) is 4.79 Å². The van der Waals surface area contributed by atoms with Crippen LogP contribution in [0.2, 0.25) is 0 Å². The van der Waals surface area contributed by atoms with Gasteiger partial charge in [-0.15, -0.1) is 0 Å². The van der Waals surface area contributed by atoms with Crippen LogP contribution in [-0.4, -0.2) is 23.3 Å². The summed E-state index contributed by atoms with van der Waals surface area (Å²) in [6, 6.07) is 0. The predicted octanol–water partition coefficient (Wildman–Crippen LogP) is 1.49. The van der Waals surface area contributed by atoms with Crippen LogP contribution in [0.5, 0.6) is 0 Å². The van der Waals surface area contributed by atoms with Crippen molar-refractivity contribution in [2.75, 3.05) is 0 Å². The molecule has 0 aliphatic carbocycles. The number of aliphatic hydroxyl groups is 1. The van der Waals surface area contributed by atoms with E-state index in [1.165, 1.54) is 0 Å². The molecule has 1 saturated heterocycles. The van der Waals surface area contributed by atoms with Gasteiger partial charge in [0.2, 0.25) is 0 Å². The molecule has 3 heteroatoms. The molecule has 0 radical (unpaired) electrons. The van der Waals surface area contributed by atoms with Crippen LogP contribution in [0.25, 0.3) is 0 Å². The van der Waals surface area contributed by atoms with E-state index < -0.39 is 0 Å². The summed E-state index contributed by atoms with van der Waals surface area (Å²) in [5.74, 6) is 0.0928. The number of hydrogen-bond donors (Lipinski definition) is 1. The van der Waals surface area contributed by atoms with Gasteiger partial charge in [0.15, 0.2) is 0 Å². The van der Waals surface area contributed by atoms with Gasteiger partial charge in [-0.25, -0.2) is 0 Å². The van der Waals surface area contributed by atoms with Crippen molar-refractivity contribution < 1.29 is 14.6 Å². The van der Waals surface area contributed by atoms with Gasteiger partial charge in [-0.2, -0.15) is 0 Å². The fourth-order valence-electron chi connectivity index (χ4n) is 1.81. The first kappa shape index (κ1) is 10.5. The van der Waals surface area contributed by atoms with Gasteiger partial charge in [0.05, 0.1) is 12.5 Å². The Morgan fingerprint density at radius 3 is 2.85 bits per heavy atom. The highest BCUT2D eigenvalue weighted by atomic mass is 16.5. The second-order valence-corrected chi connectivity index (χ2v) is 3.84. The molecule has 0 aromatic rings. The lowest BCUT2D eigenvalue weighted by Gasteiger charge is -2.16. The Hall–Kier alpha value is -0.570. The number of ether oxygens (including phenoxy) is 1.